The molecule has 1 aliphatic heterocycles. The minimum Gasteiger partial charge on any atom is -0.394 e. The highest BCUT2D eigenvalue weighted by Crippen LogP contribution is 2.37. The first-order valence-corrected chi connectivity index (χ1v) is 7.28. The second kappa shape index (κ2) is 7.81. The molecule has 0 saturated carbocycles. The highest BCUT2D eigenvalue weighted by Gasteiger charge is 2.50. The van der Waals surface area contributed by atoms with Crippen molar-refractivity contribution in [2.75, 3.05) is 6.61 Å². The van der Waals surface area contributed by atoms with Crippen molar-refractivity contribution in [2.24, 2.45) is 0 Å². The van der Waals surface area contributed by atoms with Gasteiger partial charge in [-0.05, 0) is 12.8 Å². The number of rotatable bonds is 7. The van der Waals surface area contributed by atoms with E-state index in [9.17, 15) is 15.3 Å². The van der Waals surface area contributed by atoms with E-state index in [0.717, 1.165) is 19.3 Å². The zero-order chi connectivity index (χ0) is 15.3. The van der Waals surface area contributed by atoms with Gasteiger partial charge in [-0.3, -0.25) is 0 Å². The largest absolute Gasteiger partial charge is 0.394 e. The standard InChI is InChI=1S/C13H26O5S/c1-2-3-4-5-6-7-13(19)12(17)11(16)10(15)9(8-14)18-13/h9-12,14-17,19H,2-8H2,1H3/t9-,10-,11+,12-,13?/m1/s1/i6D/t6?,9-,10-,11+,12-,13?. The molecule has 1 aliphatic rings. The number of thiol groups is 1. The summed E-state index contributed by atoms with van der Waals surface area (Å²) in [6.45, 7) is 1.60. The molecule has 0 aliphatic carbocycles. The number of hydrogen-bond acceptors (Lipinski definition) is 6. The lowest BCUT2D eigenvalue weighted by Gasteiger charge is -2.46. The van der Waals surface area contributed by atoms with Crippen LogP contribution in [0.15, 0.2) is 0 Å². The Hall–Kier alpha value is 0.150. The van der Waals surface area contributed by atoms with Crippen molar-refractivity contribution in [3.05, 3.63) is 0 Å². The first-order valence-electron chi connectivity index (χ1n) is 7.41. The van der Waals surface area contributed by atoms with Gasteiger partial charge < -0.3 is 25.2 Å². The van der Waals surface area contributed by atoms with Gasteiger partial charge in [0.05, 0.1) is 6.61 Å². The van der Waals surface area contributed by atoms with Gasteiger partial charge in [0.15, 0.2) is 0 Å². The first-order chi connectivity index (χ1) is 9.35. The normalized spacial score (nSPS) is 41.9. The Balaban J connectivity index is 2.64. The number of ether oxygens (including phenoxy) is 1. The van der Waals surface area contributed by atoms with Crippen molar-refractivity contribution in [2.45, 2.75) is 74.8 Å². The van der Waals surface area contributed by atoms with Crippen LogP contribution in [0.2, 0.25) is 0 Å². The molecule has 0 aromatic carbocycles. The van der Waals surface area contributed by atoms with Crippen molar-refractivity contribution < 1.29 is 26.5 Å². The monoisotopic (exact) mass is 295 g/mol. The molecule has 5 nitrogen and oxygen atoms in total. The molecule has 0 aromatic rings. The SMILES string of the molecule is [2H]C(CCCCC)CC1(S)O[C@H](CO)[C@@H](O)[C@H](O)[C@H]1O. The lowest BCUT2D eigenvalue weighted by molar-refractivity contribution is -0.243. The summed E-state index contributed by atoms with van der Waals surface area (Å²) < 4.78 is 13.4. The number of unbranched alkanes of at least 4 members (excludes halogenated alkanes) is 2. The van der Waals surface area contributed by atoms with E-state index >= 15 is 0 Å². The maximum absolute atomic E-state index is 10.0. The second-order valence-electron chi connectivity index (χ2n) is 5.10. The second-order valence-corrected chi connectivity index (χ2v) is 5.86. The van der Waals surface area contributed by atoms with Crippen LogP contribution >= 0.6 is 12.6 Å². The molecule has 1 saturated heterocycles. The molecule has 4 N–H and O–H groups in total. The number of aliphatic hydroxyl groups excluding tert-OH is 4. The van der Waals surface area contributed by atoms with E-state index in [1.807, 2.05) is 0 Å². The van der Waals surface area contributed by atoms with Crippen LogP contribution in [0.25, 0.3) is 0 Å². The first kappa shape index (κ1) is 15.5. The fourth-order valence-electron chi connectivity index (χ4n) is 2.24. The van der Waals surface area contributed by atoms with Crippen molar-refractivity contribution >= 4 is 12.6 Å². The molecular formula is C13H26O5S. The molecule has 2 unspecified atom stereocenters. The maximum Gasteiger partial charge on any atom is 0.140 e. The molecule has 0 amide bonds. The highest BCUT2D eigenvalue weighted by atomic mass is 32.1. The summed E-state index contributed by atoms with van der Waals surface area (Å²) in [7, 11) is 0. The Kier molecular flexibility index (Phi) is 6.38. The number of aliphatic hydroxyl groups is 4. The molecular weight excluding hydrogens is 268 g/mol. The van der Waals surface area contributed by atoms with E-state index in [1.54, 1.807) is 0 Å². The molecule has 0 aromatic heterocycles. The molecule has 1 fully saturated rings. The van der Waals surface area contributed by atoms with E-state index < -0.39 is 42.4 Å². The third-order valence-electron chi connectivity index (χ3n) is 3.50. The van der Waals surface area contributed by atoms with Crippen molar-refractivity contribution in [3.63, 3.8) is 0 Å². The van der Waals surface area contributed by atoms with Crippen LogP contribution in [0.5, 0.6) is 0 Å². The molecule has 0 radical (unpaired) electrons. The Bertz CT molecular complexity index is 294. The lowest BCUT2D eigenvalue weighted by atomic mass is 9.91. The van der Waals surface area contributed by atoms with E-state index in [0.29, 0.717) is 6.42 Å². The van der Waals surface area contributed by atoms with Crippen LogP contribution in [-0.2, 0) is 4.74 Å². The van der Waals surface area contributed by atoms with Crippen LogP contribution in [0.3, 0.4) is 0 Å². The zero-order valence-electron chi connectivity index (χ0n) is 12.3. The zero-order valence-corrected chi connectivity index (χ0v) is 12.2. The third kappa shape index (κ3) is 4.31. The van der Waals surface area contributed by atoms with Gasteiger partial charge in [-0.25, -0.2) is 0 Å². The van der Waals surface area contributed by atoms with Crippen LogP contribution in [0.1, 0.15) is 46.8 Å². The summed E-state index contributed by atoms with van der Waals surface area (Å²) in [6, 6.07) is 0. The number of hydrogen-bond donors (Lipinski definition) is 5. The van der Waals surface area contributed by atoms with Crippen LogP contribution < -0.4 is 0 Å². The average molecular weight is 295 g/mol. The fraction of sp³-hybridized carbons (Fsp3) is 1.00. The van der Waals surface area contributed by atoms with Crippen molar-refractivity contribution in [1.82, 2.24) is 0 Å². The van der Waals surface area contributed by atoms with Crippen LogP contribution in [-0.4, -0.2) is 56.4 Å². The summed E-state index contributed by atoms with van der Waals surface area (Å²) in [5, 5.41) is 38.7. The molecule has 114 valence electrons. The molecule has 1 heterocycles. The van der Waals surface area contributed by atoms with Gasteiger partial charge in [-0.2, -0.15) is 0 Å². The quantitative estimate of drug-likeness (QED) is 0.347. The van der Waals surface area contributed by atoms with E-state index in [2.05, 4.69) is 19.6 Å². The minimum atomic E-state index is -1.44. The smallest absolute Gasteiger partial charge is 0.140 e. The average Bonchev–Trinajstić information content (AvgIpc) is 2.41. The van der Waals surface area contributed by atoms with Gasteiger partial charge in [0.1, 0.15) is 29.3 Å². The van der Waals surface area contributed by atoms with Gasteiger partial charge in [-0.15, -0.1) is 12.6 Å². The Morgan fingerprint density at radius 1 is 1.21 bits per heavy atom. The maximum atomic E-state index is 10.0. The van der Waals surface area contributed by atoms with E-state index in [4.69, 9.17) is 11.2 Å². The molecule has 1 rings (SSSR count). The summed E-state index contributed by atoms with van der Waals surface area (Å²) in [4.78, 5) is -1.43. The Labute approximate surface area is 121 Å². The van der Waals surface area contributed by atoms with Gasteiger partial charge in [0.25, 0.3) is 0 Å². The third-order valence-corrected chi connectivity index (χ3v) is 4.05. The van der Waals surface area contributed by atoms with Crippen molar-refractivity contribution in [1.29, 1.82) is 0 Å². The van der Waals surface area contributed by atoms with Crippen LogP contribution in [0.4, 0.5) is 0 Å². The predicted molar refractivity (Wildman–Crippen MR) is 75.1 cm³/mol. The molecule has 19 heavy (non-hydrogen) atoms. The topological polar surface area (TPSA) is 90.2 Å². The molecule has 6 heteroatoms. The molecule has 0 spiro atoms. The Morgan fingerprint density at radius 2 is 1.89 bits per heavy atom. The van der Waals surface area contributed by atoms with Gasteiger partial charge in [-0.1, -0.05) is 32.6 Å². The highest BCUT2D eigenvalue weighted by molar-refractivity contribution is 7.81. The minimum absolute atomic E-state index is 0.126. The van der Waals surface area contributed by atoms with Gasteiger partial charge in [0, 0.05) is 1.37 Å². The predicted octanol–water partition coefficient (Wildman–Crippen LogP) is 0.447. The van der Waals surface area contributed by atoms with Crippen LogP contribution in [0, 0.1) is 0 Å². The fourth-order valence-corrected chi connectivity index (χ4v) is 2.65. The summed E-state index contributed by atoms with van der Waals surface area (Å²) in [5.41, 5.74) is 0. The Morgan fingerprint density at radius 3 is 2.47 bits per heavy atom. The summed E-state index contributed by atoms with van der Waals surface area (Å²) in [6.07, 6.45) is -1.88. The lowest BCUT2D eigenvalue weighted by Crippen LogP contribution is -2.62. The van der Waals surface area contributed by atoms with Crippen molar-refractivity contribution in [3.8, 4) is 0 Å². The van der Waals surface area contributed by atoms with Gasteiger partial charge >= 0.3 is 0 Å². The van der Waals surface area contributed by atoms with Gasteiger partial charge in [0.2, 0.25) is 0 Å². The molecule has 6 atom stereocenters. The molecule has 0 bridgehead atoms. The van der Waals surface area contributed by atoms with E-state index in [1.165, 1.54) is 0 Å². The summed E-state index contributed by atoms with van der Waals surface area (Å²) in [5.74, 6) is 0. The summed E-state index contributed by atoms with van der Waals surface area (Å²) >= 11 is 4.27. The van der Waals surface area contributed by atoms with E-state index in [-0.39, 0.29) is 6.42 Å².